The first-order valence-electron chi connectivity index (χ1n) is 7.89. The van der Waals surface area contributed by atoms with Gasteiger partial charge in [0.1, 0.15) is 0 Å². The summed E-state index contributed by atoms with van der Waals surface area (Å²) in [4.78, 5) is 37.2. The average molecular weight is 335 g/mol. The molecule has 0 aliphatic heterocycles. The predicted octanol–water partition coefficient (Wildman–Crippen LogP) is 1.18. The number of carbonyl (C=O) groups excluding carboxylic acids is 3. The second-order valence-corrected chi connectivity index (χ2v) is 5.33. The molecule has 1 aromatic carbocycles. The standard InChI is InChI=1S/C17H25N3O4/c1-5-18-15(21)10-20(6-2)11-16(22)19-14-9-13(17(23)24-4)8-7-12(14)3/h7-9H,5-6,10-11H2,1-4H3,(H,18,21)(H,19,22). The minimum atomic E-state index is -0.461. The summed E-state index contributed by atoms with van der Waals surface area (Å²) >= 11 is 0. The van der Waals surface area contributed by atoms with Gasteiger partial charge in [-0.1, -0.05) is 13.0 Å². The molecule has 1 rings (SSSR count). The van der Waals surface area contributed by atoms with Crippen LogP contribution in [0, 0.1) is 6.92 Å². The maximum Gasteiger partial charge on any atom is 0.337 e. The van der Waals surface area contributed by atoms with Gasteiger partial charge >= 0.3 is 5.97 Å². The van der Waals surface area contributed by atoms with Crippen molar-refractivity contribution in [1.82, 2.24) is 10.2 Å². The molecule has 7 heteroatoms. The summed E-state index contributed by atoms with van der Waals surface area (Å²) in [7, 11) is 1.31. The number of ether oxygens (including phenoxy) is 1. The van der Waals surface area contributed by atoms with Crippen LogP contribution in [0.25, 0.3) is 0 Å². The fourth-order valence-electron chi connectivity index (χ4n) is 2.13. The Bertz CT molecular complexity index is 601. The van der Waals surface area contributed by atoms with E-state index in [2.05, 4.69) is 15.4 Å². The van der Waals surface area contributed by atoms with Gasteiger partial charge in [0.05, 0.1) is 25.8 Å². The molecule has 0 saturated carbocycles. The van der Waals surface area contributed by atoms with E-state index in [0.29, 0.717) is 24.3 Å². The second kappa shape index (κ2) is 9.67. The van der Waals surface area contributed by atoms with Crippen molar-refractivity contribution in [1.29, 1.82) is 0 Å². The number of amides is 2. The van der Waals surface area contributed by atoms with E-state index in [1.165, 1.54) is 7.11 Å². The van der Waals surface area contributed by atoms with E-state index in [1.54, 1.807) is 23.1 Å². The Morgan fingerprint density at radius 2 is 1.79 bits per heavy atom. The van der Waals surface area contributed by atoms with Crippen molar-refractivity contribution in [3.05, 3.63) is 29.3 Å². The minimum absolute atomic E-state index is 0.0928. The number of benzene rings is 1. The molecule has 1 aromatic rings. The summed E-state index contributed by atoms with van der Waals surface area (Å²) in [6.45, 7) is 6.96. The quantitative estimate of drug-likeness (QED) is 0.697. The van der Waals surface area contributed by atoms with E-state index in [1.807, 2.05) is 20.8 Å². The van der Waals surface area contributed by atoms with Gasteiger partial charge < -0.3 is 15.4 Å². The molecule has 0 atom stereocenters. The van der Waals surface area contributed by atoms with Crippen LogP contribution in [0.4, 0.5) is 5.69 Å². The van der Waals surface area contributed by atoms with E-state index in [4.69, 9.17) is 0 Å². The topological polar surface area (TPSA) is 87.7 Å². The molecule has 0 saturated heterocycles. The van der Waals surface area contributed by atoms with Crippen molar-refractivity contribution < 1.29 is 19.1 Å². The molecule has 0 unspecified atom stereocenters. The minimum Gasteiger partial charge on any atom is -0.465 e. The van der Waals surface area contributed by atoms with Crippen LogP contribution in [0.5, 0.6) is 0 Å². The highest BCUT2D eigenvalue weighted by Gasteiger charge is 2.14. The lowest BCUT2D eigenvalue weighted by molar-refractivity contribution is -0.123. The Kier molecular flexibility index (Phi) is 7.91. The van der Waals surface area contributed by atoms with Crippen LogP contribution in [0.2, 0.25) is 0 Å². The number of rotatable bonds is 8. The third kappa shape index (κ3) is 6.00. The molecule has 2 N–H and O–H groups in total. The normalized spacial score (nSPS) is 10.4. The van der Waals surface area contributed by atoms with Crippen LogP contribution in [-0.2, 0) is 14.3 Å². The maximum absolute atomic E-state index is 12.2. The van der Waals surface area contributed by atoms with Crippen molar-refractivity contribution in [2.75, 3.05) is 38.6 Å². The third-order valence-electron chi connectivity index (χ3n) is 3.49. The molecule has 0 heterocycles. The Hall–Kier alpha value is -2.41. The number of hydrogen-bond donors (Lipinski definition) is 2. The molecule has 0 bridgehead atoms. The van der Waals surface area contributed by atoms with Crippen LogP contribution in [-0.4, -0.2) is 56.0 Å². The van der Waals surface area contributed by atoms with Crippen LogP contribution >= 0.6 is 0 Å². The van der Waals surface area contributed by atoms with Crippen LogP contribution in [0.3, 0.4) is 0 Å². The number of carbonyl (C=O) groups is 3. The van der Waals surface area contributed by atoms with Crippen molar-refractivity contribution >= 4 is 23.5 Å². The molecule has 132 valence electrons. The van der Waals surface area contributed by atoms with Crippen molar-refractivity contribution in [3.63, 3.8) is 0 Å². The van der Waals surface area contributed by atoms with E-state index in [0.717, 1.165) is 5.56 Å². The average Bonchev–Trinajstić information content (AvgIpc) is 2.55. The van der Waals surface area contributed by atoms with Gasteiger partial charge in [0.15, 0.2) is 0 Å². The zero-order valence-corrected chi connectivity index (χ0v) is 14.6. The molecular formula is C17H25N3O4. The summed E-state index contributed by atoms with van der Waals surface area (Å²) in [5.41, 5.74) is 1.76. The summed E-state index contributed by atoms with van der Waals surface area (Å²) in [5, 5.41) is 5.48. The van der Waals surface area contributed by atoms with Crippen molar-refractivity contribution in [2.24, 2.45) is 0 Å². The SMILES string of the molecule is CCNC(=O)CN(CC)CC(=O)Nc1cc(C(=O)OC)ccc1C. The zero-order valence-electron chi connectivity index (χ0n) is 14.6. The Morgan fingerprint density at radius 3 is 2.38 bits per heavy atom. The second-order valence-electron chi connectivity index (χ2n) is 5.33. The van der Waals surface area contributed by atoms with Crippen LogP contribution in [0.1, 0.15) is 29.8 Å². The molecule has 0 radical (unpaired) electrons. The van der Waals surface area contributed by atoms with Gasteiger partial charge in [0.2, 0.25) is 11.8 Å². The monoisotopic (exact) mass is 335 g/mol. The van der Waals surface area contributed by atoms with Crippen LogP contribution in [0.15, 0.2) is 18.2 Å². The smallest absolute Gasteiger partial charge is 0.337 e. The molecular weight excluding hydrogens is 310 g/mol. The number of anilines is 1. The summed E-state index contributed by atoms with van der Waals surface area (Å²) in [5.74, 6) is -0.820. The lowest BCUT2D eigenvalue weighted by Gasteiger charge is -2.19. The first-order chi connectivity index (χ1) is 11.4. The molecule has 0 aliphatic rings. The van der Waals surface area contributed by atoms with Gasteiger partial charge in [-0.05, 0) is 38.1 Å². The van der Waals surface area contributed by atoms with Crippen molar-refractivity contribution in [3.8, 4) is 0 Å². The summed E-state index contributed by atoms with van der Waals surface area (Å²) in [6, 6.07) is 4.97. The lowest BCUT2D eigenvalue weighted by Crippen LogP contribution is -2.41. The number of nitrogens with one attached hydrogen (secondary N) is 2. The molecule has 2 amide bonds. The summed E-state index contributed by atoms with van der Waals surface area (Å²) < 4.78 is 4.68. The lowest BCUT2D eigenvalue weighted by atomic mass is 10.1. The summed E-state index contributed by atoms with van der Waals surface area (Å²) in [6.07, 6.45) is 0. The first kappa shape index (κ1) is 19.6. The fraction of sp³-hybridized carbons (Fsp3) is 0.471. The van der Waals surface area contributed by atoms with Gasteiger partial charge in [0, 0.05) is 12.2 Å². The van der Waals surface area contributed by atoms with Gasteiger partial charge in [-0.25, -0.2) is 4.79 Å². The van der Waals surface area contributed by atoms with Gasteiger partial charge in [-0.3, -0.25) is 14.5 Å². The number of nitrogens with zero attached hydrogens (tertiary/aromatic N) is 1. The number of aryl methyl sites for hydroxylation is 1. The fourth-order valence-corrected chi connectivity index (χ4v) is 2.13. The van der Waals surface area contributed by atoms with E-state index in [9.17, 15) is 14.4 Å². The molecule has 0 aromatic heterocycles. The number of likely N-dealkylation sites (N-methyl/N-ethyl adjacent to an activating group) is 2. The zero-order chi connectivity index (χ0) is 18.1. The molecule has 0 spiro atoms. The van der Waals surface area contributed by atoms with E-state index in [-0.39, 0.29) is 24.9 Å². The molecule has 24 heavy (non-hydrogen) atoms. The Labute approximate surface area is 142 Å². The number of esters is 1. The third-order valence-corrected chi connectivity index (χ3v) is 3.49. The van der Waals surface area contributed by atoms with Gasteiger partial charge in [0.25, 0.3) is 0 Å². The van der Waals surface area contributed by atoms with E-state index < -0.39 is 5.97 Å². The molecule has 7 nitrogen and oxygen atoms in total. The highest BCUT2D eigenvalue weighted by atomic mass is 16.5. The molecule has 0 aliphatic carbocycles. The maximum atomic E-state index is 12.2. The Balaban J connectivity index is 2.72. The first-order valence-corrected chi connectivity index (χ1v) is 7.89. The van der Waals surface area contributed by atoms with Crippen molar-refractivity contribution in [2.45, 2.75) is 20.8 Å². The highest BCUT2D eigenvalue weighted by Crippen LogP contribution is 2.17. The van der Waals surface area contributed by atoms with Gasteiger partial charge in [-0.2, -0.15) is 0 Å². The highest BCUT2D eigenvalue weighted by molar-refractivity contribution is 5.96. The van der Waals surface area contributed by atoms with Crippen LogP contribution < -0.4 is 10.6 Å². The number of methoxy groups -OCH3 is 1. The number of hydrogen-bond acceptors (Lipinski definition) is 5. The van der Waals surface area contributed by atoms with Gasteiger partial charge in [-0.15, -0.1) is 0 Å². The Morgan fingerprint density at radius 1 is 1.12 bits per heavy atom. The van der Waals surface area contributed by atoms with E-state index >= 15 is 0 Å². The predicted molar refractivity (Wildman–Crippen MR) is 91.9 cm³/mol. The molecule has 0 fully saturated rings. The largest absolute Gasteiger partial charge is 0.465 e.